The SMILES string of the molecule is CCc1ccc(C(O)C2(CN)CCCCCCC2)cc1. The number of aliphatic hydroxyl groups excluding tert-OH is 1. The highest BCUT2D eigenvalue weighted by Crippen LogP contribution is 2.43. The van der Waals surface area contributed by atoms with Gasteiger partial charge in [-0.15, -0.1) is 0 Å². The Hall–Kier alpha value is -0.860. The van der Waals surface area contributed by atoms with E-state index in [-0.39, 0.29) is 5.41 Å². The highest BCUT2D eigenvalue weighted by molar-refractivity contribution is 5.25. The summed E-state index contributed by atoms with van der Waals surface area (Å²) in [5.74, 6) is 0. The molecule has 0 saturated heterocycles. The van der Waals surface area contributed by atoms with Crippen molar-refractivity contribution in [2.24, 2.45) is 11.1 Å². The third kappa shape index (κ3) is 3.42. The van der Waals surface area contributed by atoms with Gasteiger partial charge in [-0.25, -0.2) is 0 Å². The normalized spacial score (nSPS) is 20.9. The van der Waals surface area contributed by atoms with Crippen molar-refractivity contribution in [3.63, 3.8) is 0 Å². The molecule has 0 heterocycles. The molecule has 1 fully saturated rings. The molecule has 1 aliphatic carbocycles. The van der Waals surface area contributed by atoms with Crippen LogP contribution in [0.4, 0.5) is 0 Å². The van der Waals surface area contributed by atoms with Crippen molar-refractivity contribution in [3.05, 3.63) is 35.4 Å². The second-order valence-electron chi connectivity index (χ2n) is 6.33. The summed E-state index contributed by atoms with van der Waals surface area (Å²) >= 11 is 0. The highest BCUT2D eigenvalue weighted by Gasteiger charge is 2.37. The molecule has 112 valence electrons. The summed E-state index contributed by atoms with van der Waals surface area (Å²) in [5, 5.41) is 10.9. The fourth-order valence-electron chi connectivity index (χ4n) is 3.49. The maximum absolute atomic E-state index is 10.9. The topological polar surface area (TPSA) is 46.2 Å². The molecule has 1 aromatic rings. The van der Waals surface area contributed by atoms with Gasteiger partial charge in [-0.1, -0.05) is 63.3 Å². The van der Waals surface area contributed by atoms with E-state index in [9.17, 15) is 5.11 Å². The minimum Gasteiger partial charge on any atom is -0.388 e. The molecule has 1 aromatic carbocycles. The quantitative estimate of drug-likeness (QED) is 0.873. The van der Waals surface area contributed by atoms with Crippen molar-refractivity contribution in [3.8, 4) is 0 Å². The number of hydrogen-bond donors (Lipinski definition) is 2. The number of rotatable bonds is 4. The van der Waals surface area contributed by atoms with Gasteiger partial charge in [0.05, 0.1) is 6.10 Å². The molecule has 2 rings (SSSR count). The summed E-state index contributed by atoms with van der Waals surface area (Å²) in [7, 11) is 0. The molecule has 0 spiro atoms. The molecule has 1 saturated carbocycles. The van der Waals surface area contributed by atoms with Crippen molar-refractivity contribution in [2.75, 3.05) is 6.54 Å². The summed E-state index contributed by atoms with van der Waals surface area (Å²) in [4.78, 5) is 0. The van der Waals surface area contributed by atoms with E-state index in [0.29, 0.717) is 6.54 Å². The van der Waals surface area contributed by atoms with Gasteiger partial charge in [0, 0.05) is 12.0 Å². The van der Waals surface area contributed by atoms with E-state index in [1.54, 1.807) is 0 Å². The summed E-state index contributed by atoms with van der Waals surface area (Å²) in [6, 6.07) is 8.43. The monoisotopic (exact) mass is 275 g/mol. The lowest BCUT2D eigenvalue weighted by Crippen LogP contribution is -2.37. The van der Waals surface area contributed by atoms with E-state index in [1.807, 2.05) is 0 Å². The molecule has 20 heavy (non-hydrogen) atoms. The van der Waals surface area contributed by atoms with Crippen LogP contribution in [0.2, 0.25) is 0 Å². The minimum atomic E-state index is -0.420. The van der Waals surface area contributed by atoms with Gasteiger partial charge in [0.2, 0.25) is 0 Å². The standard InChI is InChI=1S/C18H29NO/c1-2-15-8-10-16(11-9-15)17(20)18(14-19)12-6-4-3-5-7-13-18/h8-11,17,20H,2-7,12-14,19H2,1H3. The lowest BCUT2D eigenvalue weighted by atomic mass is 9.70. The summed E-state index contributed by atoms with van der Waals surface area (Å²) in [5.41, 5.74) is 8.33. The van der Waals surface area contributed by atoms with Crippen LogP contribution < -0.4 is 5.73 Å². The first-order chi connectivity index (χ1) is 9.72. The molecule has 1 aliphatic rings. The van der Waals surface area contributed by atoms with Gasteiger partial charge < -0.3 is 10.8 Å². The predicted molar refractivity (Wildman–Crippen MR) is 84.6 cm³/mol. The van der Waals surface area contributed by atoms with Crippen LogP contribution in [-0.2, 0) is 6.42 Å². The first-order valence-corrected chi connectivity index (χ1v) is 8.19. The Morgan fingerprint density at radius 3 is 2.10 bits per heavy atom. The highest BCUT2D eigenvalue weighted by atomic mass is 16.3. The zero-order chi connectivity index (χ0) is 14.4. The second-order valence-corrected chi connectivity index (χ2v) is 6.33. The Morgan fingerprint density at radius 1 is 1.05 bits per heavy atom. The average Bonchev–Trinajstić information content (AvgIpc) is 2.47. The molecule has 1 unspecified atom stereocenters. The summed E-state index contributed by atoms with van der Waals surface area (Å²) in [6.45, 7) is 2.74. The average molecular weight is 275 g/mol. The Labute approximate surface area is 123 Å². The molecule has 0 aliphatic heterocycles. The molecule has 0 bridgehead atoms. The molecule has 2 nitrogen and oxygen atoms in total. The number of benzene rings is 1. The molecule has 2 heteroatoms. The first-order valence-electron chi connectivity index (χ1n) is 8.19. The molecule has 0 radical (unpaired) electrons. The minimum absolute atomic E-state index is 0.117. The molecule has 0 amide bonds. The van der Waals surface area contributed by atoms with E-state index in [4.69, 9.17) is 5.73 Å². The lowest BCUT2D eigenvalue weighted by Gasteiger charge is -2.39. The van der Waals surface area contributed by atoms with Gasteiger partial charge in [0.1, 0.15) is 0 Å². The second kappa shape index (κ2) is 7.24. The fourth-order valence-corrected chi connectivity index (χ4v) is 3.49. The smallest absolute Gasteiger partial charge is 0.0858 e. The van der Waals surface area contributed by atoms with E-state index in [2.05, 4.69) is 31.2 Å². The zero-order valence-corrected chi connectivity index (χ0v) is 12.8. The van der Waals surface area contributed by atoms with Crippen molar-refractivity contribution in [1.82, 2.24) is 0 Å². The van der Waals surface area contributed by atoms with Crippen LogP contribution in [0.1, 0.15) is 69.1 Å². The van der Waals surface area contributed by atoms with E-state index in [0.717, 1.165) is 24.8 Å². The third-order valence-electron chi connectivity index (χ3n) is 5.04. The van der Waals surface area contributed by atoms with Gasteiger partial charge in [0.25, 0.3) is 0 Å². The van der Waals surface area contributed by atoms with Crippen LogP contribution >= 0.6 is 0 Å². The van der Waals surface area contributed by atoms with Crippen LogP contribution in [0.15, 0.2) is 24.3 Å². The van der Waals surface area contributed by atoms with Gasteiger partial charge in [-0.3, -0.25) is 0 Å². The van der Waals surface area contributed by atoms with Gasteiger partial charge in [-0.05, 0) is 30.4 Å². The summed E-state index contributed by atoms with van der Waals surface area (Å²) < 4.78 is 0. The van der Waals surface area contributed by atoms with Crippen molar-refractivity contribution >= 4 is 0 Å². The van der Waals surface area contributed by atoms with Gasteiger partial charge in [0.15, 0.2) is 0 Å². The van der Waals surface area contributed by atoms with E-state index >= 15 is 0 Å². The molecule has 0 aromatic heterocycles. The number of hydrogen-bond acceptors (Lipinski definition) is 2. The maximum atomic E-state index is 10.9. The van der Waals surface area contributed by atoms with Crippen LogP contribution in [0.5, 0.6) is 0 Å². The van der Waals surface area contributed by atoms with Crippen LogP contribution in [-0.4, -0.2) is 11.7 Å². The summed E-state index contributed by atoms with van der Waals surface area (Å²) in [6.07, 6.45) is 9.02. The van der Waals surface area contributed by atoms with Gasteiger partial charge in [-0.2, -0.15) is 0 Å². The molecule has 3 N–H and O–H groups in total. The van der Waals surface area contributed by atoms with Crippen molar-refractivity contribution in [2.45, 2.75) is 64.4 Å². The first kappa shape index (κ1) is 15.5. The van der Waals surface area contributed by atoms with Crippen LogP contribution in [0.25, 0.3) is 0 Å². The van der Waals surface area contributed by atoms with E-state index in [1.165, 1.54) is 37.7 Å². The Kier molecular flexibility index (Phi) is 5.62. The van der Waals surface area contributed by atoms with Crippen molar-refractivity contribution < 1.29 is 5.11 Å². The number of aryl methyl sites for hydroxylation is 1. The zero-order valence-electron chi connectivity index (χ0n) is 12.8. The third-order valence-corrected chi connectivity index (χ3v) is 5.04. The van der Waals surface area contributed by atoms with E-state index < -0.39 is 6.10 Å². The number of aliphatic hydroxyl groups is 1. The van der Waals surface area contributed by atoms with Crippen LogP contribution in [0.3, 0.4) is 0 Å². The largest absolute Gasteiger partial charge is 0.388 e. The fraction of sp³-hybridized carbons (Fsp3) is 0.667. The molecular formula is C18H29NO. The lowest BCUT2D eigenvalue weighted by molar-refractivity contribution is 0.00848. The predicted octanol–water partition coefficient (Wildman–Crippen LogP) is 3.97. The Bertz CT molecular complexity index is 390. The Morgan fingerprint density at radius 2 is 1.60 bits per heavy atom. The van der Waals surface area contributed by atoms with Crippen molar-refractivity contribution in [1.29, 1.82) is 0 Å². The Balaban J connectivity index is 2.18. The number of nitrogens with two attached hydrogens (primary N) is 1. The van der Waals surface area contributed by atoms with Crippen LogP contribution in [0, 0.1) is 5.41 Å². The van der Waals surface area contributed by atoms with Gasteiger partial charge >= 0.3 is 0 Å². The molecule has 1 atom stereocenters. The maximum Gasteiger partial charge on any atom is 0.0858 e. The molecular weight excluding hydrogens is 246 g/mol.